The number of aromatic nitrogens is 3. The molecule has 3 N–H and O–H groups in total. The molecule has 1 aliphatic heterocycles. The Morgan fingerprint density at radius 2 is 2.25 bits per heavy atom. The minimum atomic E-state index is -0.177. The molecule has 0 radical (unpaired) electrons. The minimum absolute atomic E-state index is 0.0789. The highest BCUT2D eigenvalue weighted by Crippen LogP contribution is 2.32. The number of nitrogen functional groups attached to an aromatic ring is 1. The van der Waals surface area contributed by atoms with E-state index in [0.717, 1.165) is 17.0 Å². The predicted octanol–water partition coefficient (Wildman–Crippen LogP) is 1.67. The van der Waals surface area contributed by atoms with E-state index in [1.165, 1.54) is 0 Å². The Balaban J connectivity index is 1.74. The van der Waals surface area contributed by atoms with Crippen molar-refractivity contribution >= 4 is 23.5 Å². The number of H-pyrrole nitrogens is 1. The van der Waals surface area contributed by atoms with Crippen LogP contribution in [-0.4, -0.2) is 39.1 Å². The van der Waals surface area contributed by atoms with E-state index in [9.17, 15) is 4.79 Å². The van der Waals surface area contributed by atoms with Gasteiger partial charge in [0.15, 0.2) is 0 Å². The normalized spacial score (nSPS) is 18.4. The summed E-state index contributed by atoms with van der Waals surface area (Å²) in [6.45, 7) is 1.30. The van der Waals surface area contributed by atoms with Crippen LogP contribution in [-0.2, 0) is 0 Å². The van der Waals surface area contributed by atoms with E-state index in [0.29, 0.717) is 13.1 Å². The van der Waals surface area contributed by atoms with Crippen LogP contribution in [0.1, 0.15) is 28.5 Å². The maximum Gasteiger partial charge on any atom is 0.291 e. The fourth-order valence-corrected chi connectivity index (χ4v) is 2.81. The van der Waals surface area contributed by atoms with Gasteiger partial charge < -0.3 is 10.6 Å². The average Bonchev–Trinajstić information content (AvgIpc) is 3.07. The van der Waals surface area contributed by atoms with E-state index in [-0.39, 0.29) is 23.6 Å². The summed E-state index contributed by atoms with van der Waals surface area (Å²) in [7, 11) is 0. The first-order valence-electron chi connectivity index (χ1n) is 6.36. The van der Waals surface area contributed by atoms with E-state index in [1.807, 2.05) is 24.3 Å². The molecule has 7 heteroatoms. The maximum atomic E-state index is 12.2. The molecule has 0 saturated carbocycles. The number of nitrogens with zero attached hydrogens (tertiary/aromatic N) is 3. The third-order valence-corrected chi connectivity index (χ3v) is 3.87. The molecular formula is C13H14ClN5O. The molecule has 1 unspecified atom stereocenters. The molecular weight excluding hydrogens is 278 g/mol. The molecule has 1 amide bonds. The maximum absolute atomic E-state index is 12.2. The molecule has 1 saturated heterocycles. The molecule has 1 atom stereocenters. The van der Waals surface area contributed by atoms with Gasteiger partial charge in [-0.1, -0.05) is 29.8 Å². The Bertz CT molecular complexity index is 641. The number of hydrogen-bond acceptors (Lipinski definition) is 4. The van der Waals surface area contributed by atoms with Gasteiger partial charge in [-0.15, -0.1) is 5.10 Å². The van der Waals surface area contributed by atoms with Crippen molar-refractivity contribution in [2.75, 3.05) is 18.8 Å². The molecule has 3 rings (SSSR count). The van der Waals surface area contributed by atoms with Crippen molar-refractivity contribution < 1.29 is 4.79 Å². The van der Waals surface area contributed by atoms with Gasteiger partial charge in [-0.25, -0.2) is 0 Å². The Morgan fingerprint density at radius 1 is 1.45 bits per heavy atom. The zero-order valence-corrected chi connectivity index (χ0v) is 11.5. The largest absolute Gasteiger partial charge is 0.366 e. The molecule has 1 aromatic carbocycles. The molecule has 2 aromatic rings. The second kappa shape index (κ2) is 5.13. The summed E-state index contributed by atoms with van der Waals surface area (Å²) < 4.78 is 0. The third-order valence-electron chi connectivity index (χ3n) is 3.53. The SMILES string of the molecule is Nc1n[nH]c(C(=O)N2CCC(c3ccccc3Cl)C2)n1. The summed E-state index contributed by atoms with van der Waals surface area (Å²) in [4.78, 5) is 17.8. The summed E-state index contributed by atoms with van der Waals surface area (Å²) in [5, 5.41) is 6.96. The van der Waals surface area contributed by atoms with Crippen molar-refractivity contribution in [2.45, 2.75) is 12.3 Å². The molecule has 0 bridgehead atoms. The lowest BCUT2D eigenvalue weighted by Crippen LogP contribution is -2.29. The van der Waals surface area contributed by atoms with Crippen molar-refractivity contribution in [1.29, 1.82) is 0 Å². The highest BCUT2D eigenvalue weighted by molar-refractivity contribution is 6.31. The van der Waals surface area contributed by atoms with Crippen LogP contribution in [0.4, 0.5) is 5.95 Å². The topological polar surface area (TPSA) is 87.9 Å². The van der Waals surface area contributed by atoms with Crippen LogP contribution in [0.2, 0.25) is 5.02 Å². The molecule has 1 aliphatic rings. The quantitative estimate of drug-likeness (QED) is 0.881. The Kier molecular flexibility index (Phi) is 3.31. The van der Waals surface area contributed by atoms with Gasteiger partial charge in [0.25, 0.3) is 5.91 Å². The van der Waals surface area contributed by atoms with Gasteiger partial charge in [0, 0.05) is 24.0 Å². The van der Waals surface area contributed by atoms with Crippen LogP contribution < -0.4 is 5.73 Å². The number of likely N-dealkylation sites (tertiary alicyclic amines) is 1. The molecule has 0 aliphatic carbocycles. The van der Waals surface area contributed by atoms with Crippen molar-refractivity contribution in [1.82, 2.24) is 20.1 Å². The van der Waals surface area contributed by atoms with Crippen LogP contribution >= 0.6 is 11.6 Å². The Morgan fingerprint density at radius 3 is 2.95 bits per heavy atom. The number of carbonyl (C=O) groups is 1. The minimum Gasteiger partial charge on any atom is -0.366 e. The number of rotatable bonds is 2. The smallest absolute Gasteiger partial charge is 0.291 e. The van der Waals surface area contributed by atoms with Crippen LogP contribution in [0, 0.1) is 0 Å². The fraction of sp³-hybridized carbons (Fsp3) is 0.308. The van der Waals surface area contributed by atoms with Gasteiger partial charge >= 0.3 is 0 Å². The lowest BCUT2D eigenvalue weighted by atomic mass is 9.98. The average molecular weight is 292 g/mol. The van der Waals surface area contributed by atoms with Crippen LogP contribution in [0.3, 0.4) is 0 Å². The number of carbonyl (C=O) groups excluding carboxylic acids is 1. The van der Waals surface area contributed by atoms with Gasteiger partial charge in [-0.05, 0) is 18.1 Å². The molecule has 0 spiro atoms. The molecule has 1 fully saturated rings. The molecule has 2 heterocycles. The summed E-state index contributed by atoms with van der Waals surface area (Å²) >= 11 is 6.20. The number of nitrogens with one attached hydrogen (secondary N) is 1. The van der Waals surface area contributed by atoms with Crippen molar-refractivity contribution in [3.05, 3.63) is 40.7 Å². The van der Waals surface area contributed by atoms with Crippen LogP contribution in [0.15, 0.2) is 24.3 Å². The van der Waals surface area contributed by atoms with Gasteiger partial charge in [0.05, 0.1) is 0 Å². The van der Waals surface area contributed by atoms with E-state index in [1.54, 1.807) is 4.90 Å². The first-order valence-corrected chi connectivity index (χ1v) is 6.74. The number of benzene rings is 1. The lowest BCUT2D eigenvalue weighted by molar-refractivity contribution is 0.0779. The van der Waals surface area contributed by atoms with Crippen molar-refractivity contribution in [3.8, 4) is 0 Å². The number of hydrogen-bond donors (Lipinski definition) is 2. The zero-order valence-electron chi connectivity index (χ0n) is 10.7. The predicted molar refractivity (Wildman–Crippen MR) is 75.5 cm³/mol. The van der Waals surface area contributed by atoms with Gasteiger partial charge in [0.2, 0.25) is 11.8 Å². The molecule has 104 valence electrons. The molecule has 6 nitrogen and oxygen atoms in total. The van der Waals surface area contributed by atoms with E-state index < -0.39 is 0 Å². The Hall–Kier alpha value is -2.08. The van der Waals surface area contributed by atoms with Gasteiger partial charge in [-0.3, -0.25) is 9.89 Å². The summed E-state index contributed by atoms with van der Waals surface area (Å²) in [5.74, 6) is 0.342. The monoisotopic (exact) mass is 291 g/mol. The second-order valence-corrected chi connectivity index (χ2v) is 5.21. The van der Waals surface area contributed by atoms with E-state index >= 15 is 0 Å². The first-order chi connectivity index (χ1) is 9.65. The molecule has 1 aromatic heterocycles. The van der Waals surface area contributed by atoms with Gasteiger partial charge in [-0.2, -0.15) is 4.98 Å². The summed E-state index contributed by atoms with van der Waals surface area (Å²) in [6.07, 6.45) is 0.888. The lowest BCUT2D eigenvalue weighted by Gasteiger charge is -2.15. The first kappa shape index (κ1) is 12.9. The number of halogens is 1. The number of aromatic amines is 1. The fourth-order valence-electron chi connectivity index (χ4n) is 2.52. The number of anilines is 1. The Labute approximate surface area is 120 Å². The standard InChI is InChI=1S/C13H14ClN5O/c14-10-4-2-1-3-9(10)8-5-6-19(7-8)12(20)11-16-13(15)18-17-11/h1-4,8H,5-7H2,(H3,15,16,17,18). The number of amides is 1. The van der Waals surface area contributed by atoms with E-state index in [2.05, 4.69) is 15.2 Å². The number of nitrogens with two attached hydrogens (primary N) is 1. The third kappa shape index (κ3) is 2.34. The van der Waals surface area contributed by atoms with Crippen molar-refractivity contribution in [3.63, 3.8) is 0 Å². The van der Waals surface area contributed by atoms with Crippen molar-refractivity contribution in [2.24, 2.45) is 0 Å². The summed E-state index contributed by atoms with van der Waals surface area (Å²) in [6, 6.07) is 7.75. The van der Waals surface area contributed by atoms with Gasteiger partial charge in [0.1, 0.15) is 0 Å². The summed E-state index contributed by atoms with van der Waals surface area (Å²) in [5.41, 5.74) is 6.50. The highest BCUT2D eigenvalue weighted by Gasteiger charge is 2.30. The van der Waals surface area contributed by atoms with Crippen LogP contribution in [0.5, 0.6) is 0 Å². The van der Waals surface area contributed by atoms with E-state index in [4.69, 9.17) is 17.3 Å². The highest BCUT2D eigenvalue weighted by atomic mass is 35.5. The zero-order chi connectivity index (χ0) is 14.1. The molecule has 20 heavy (non-hydrogen) atoms. The van der Waals surface area contributed by atoms with Crippen LogP contribution in [0.25, 0.3) is 0 Å². The second-order valence-electron chi connectivity index (χ2n) is 4.80.